The maximum absolute atomic E-state index is 5.96. The van der Waals surface area contributed by atoms with Crippen molar-refractivity contribution in [2.45, 2.75) is 46.3 Å². The number of rotatable bonds is 4. The van der Waals surface area contributed by atoms with Crippen LogP contribution in [0.15, 0.2) is 24.3 Å². The molecule has 0 amide bonds. The van der Waals surface area contributed by atoms with Crippen molar-refractivity contribution >= 4 is 0 Å². The fourth-order valence-electron chi connectivity index (χ4n) is 1.68. The molecule has 0 aliphatic carbocycles. The molecular formula is C14H23NO. The molecule has 2 nitrogen and oxygen atoms in total. The molecule has 0 fully saturated rings. The monoisotopic (exact) mass is 221 g/mol. The van der Waals surface area contributed by atoms with Gasteiger partial charge in [-0.05, 0) is 40.3 Å². The summed E-state index contributed by atoms with van der Waals surface area (Å²) in [7, 11) is 0. The van der Waals surface area contributed by atoms with Gasteiger partial charge in [0.2, 0.25) is 0 Å². The molecule has 1 aromatic carbocycles. The smallest absolute Gasteiger partial charge is 0.124 e. The van der Waals surface area contributed by atoms with E-state index in [1.54, 1.807) is 0 Å². The Morgan fingerprint density at radius 1 is 1.25 bits per heavy atom. The first kappa shape index (κ1) is 13.0. The molecule has 0 radical (unpaired) electrons. The summed E-state index contributed by atoms with van der Waals surface area (Å²) in [6, 6.07) is 8.55. The Bertz CT molecular complexity index is 328. The molecule has 0 saturated heterocycles. The van der Waals surface area contributed by atoms with Crippen LogP contribution in [0.4, 0.5) is 0 Å². The molecule has 0 spiro atoms. The molecule has 0 aromatic heterocycles. The van der Waals surface area contributed by atoms with Crippen LogP contribution in [-0.2, 0) is 0 Å². The van der Waals surface area contributed by atoms with E-state index in [1.807, 2.05) is 12.1 Å². The van der Waals surface area contributed by atoms with Gasteiger partial charge in [0, 0.05) is 11.6 Å². The summed E-state index contributed by atoms with van der Waals surface area (Å²) in [5.41, 5.74) is 1.07. The van der Waals surface area contributed by atoms with Crippen LogP contribution in [0.3, 0.4) is 0 Å². The van der Waals surface area contributed by atoms with E-state index in [-0.39, 0.29) is 5.60 Å². The van der Waals surface area contributed by atoms with Crippen molar-refractivity contribution in [1.29, 1.82) is 0 Å². The summed E-state index contributed by atoms with van der Waals surface area (Å²) in [5.74, 6) is 0.975. The van der Waals surface area contributed by atoms with E-state index in [0.717, 1.165) is 12.3 Å². The van der Waals surface area contributed by atoms with Crippen LogP contribution in [0, 0.1) is 0 Å². The van der Waals surface area contributed by atoms with Gasteiger partial charge in [-0.15, -0.1) is 0 Å². The molecule has 0 aliphatic heterocycles. The van der Waals surface area contributed by atoms with Crippen molar-refractivity contribution in [3.63, 3.8) is 0 Å². The Balaban J connectivity index is 2.91. The molecule has 1 rings (SSSR count). The highest BCUT2D eigenvalue weighted by molar-refractivity contribution is 5.36. The Kier molecular flexibility index (Phi) is 4.36. The normalized spacial score (nSPS) is 13.6. The highest BCUT2D eigenvalue weighted by Crippen LogP contribution is 2.27. The van der Waals surface area contributed by atoms with Crippen molar-refractivity contribution in [3.8, 4) is 5.75 Å². The Morgan fingerprint density at radius 2 is 1.88 bits per heavy atom. The number of ether oxygens (including phenoxy) is 1. The van der Waals surface area contributed by atoms with Crippen molar-refractivity contribution < 1.29 is 4.74 Å². The SMILES string of the molecule is CCNC(C)c1ccccc1OC(C)(C)C. The second-order valence-corrected chi connectivity index (χ2v) is 5.03. The first-order valence-electron chi connectivity index (χ1n) is 5.95. The molecular weight excluding hydrogens is 198 g/mol. The first-order chi connectivity index (χ1) is 7.44. The number of benzene rings is 1. The van der Waals surface area contributed by atoms with Gasteiger partial charge in [-0.1, -0.05) is 25.1 Å². The van der Waals surface area contributed by atoms with Crippen molar-refractivity contribution in [1.82, 2.24) is 5.32 Å². The van der Waals surface area contributed by atoms with Crippen LogP contribution in [0.2, 0.25) is 0 Å². The Hall–Kier alpha value is -1.02. The number of hydrogen-bond acceptors (Lipinski definition) is 2. The summed E-state index contributed by atoms with van der Waals surface area (Å²) in [6.07, 6.45) is 0. The van der Waals surface area contributed by atoms with Gasteiger partial charge >= 0.3 is 0 Å². The van der Waals surface area contributed by atoms with Crippen LogP contribution < -0.4 is 10.1 Å². The maximum Gasteiger partial charge on any atom is 0.124 e. The molecule has 0 heterocycles. The molecule has 2 heteroatoms. The lowest BCUT2D eigenvalue weighted by Gasteiger charge is -2.25. The Morgan fingerprint density at radius 3 is 2.44 bits per heavy atom. The molecule has 0 aliphatic rings. The van der Waals surface area contributed by atoms with Gasteiger partial charge in [-0.25, -0.2) is 0 Å². The van der Waals surface area contributed by atoms with Gasteiger partial charge < -0.3 is 10.1 Å². The lowest BCUT2D eigenvalue weighted by Crippen LogP contribution is -2.25. The largest absolute Gasteiger partial charge is 0.488 e. The van der Waals surface area contributed by atoms with E-state index in [0.29, 0.717) is 6.04 Å². The predicted molar refractivity (Wildman–Crippen MR) is 68.9 cm³/mol. The van der Waals surface area contributed by atoms with Crippen molar-refractivity contribution in [2.24, 2.45) is 0 Å². The van der Waals surface area contributed by atoms with Crippen molar-refractivity contribution in [3.05, 3.63) is 29.8 Å². The number of para-hydroxylation sites is 1. The topological polar surface area (TPSA) is 21.3 Å². The van der Waals surface area contributed by atoms with Gasteiger partial charge in [0.1, 0.15) is 11.4 Å². The van der Waals surface area contributed by atoms with Crippen molar-refractivity contribution in [2.75, 3.05) is 6.54 Å². The standard InChI is InChI=1S/C14H23NO/c1-6-15-11(2)12-9-7-8-10-13(12)16-14(3,4)5/h7-11,15H,6H2,1-5H3. The first-order valence-corrected chi connectivity index (χ1v) is 5.95. The van der Waals surface area contributed by atoms with E-state index in [2.05, 4.69) is 52.1 Å². The molecule has 1 unspecified atom stereocenters. The lowest BCUT2D eigenvalue weighted by atomic mass is 10.1. The minimum Gasteiger partial charge on any atom is -0.488 e. The van der Waals surface area contributed by atoms with Gasteiger partial charge in [0.05, 0.1) is 0 Å². The lowest BCUT2D eigenvalue weighted by molar-refractivity contribution is 0.128. The van der Waals surface area contributed by atoms with Crippen LogP contribution in [0.5, 0.6) is 5.75 Å². The van der Waals surface area contributed by atoms with Gasteiger partial charge in [0.15, 0.2) is 0 Å². The summed E-state index contributed by atoms with van der Waals surface area (Å²) < 4.78 is 5.96. The molecule has 1 N–H and O–H groups in total. The third kappa shape index (κ3) is 3.86. The van der Waals surface area contributed by atoms with E-state index in [9.17, 15) is 0 Å². The zero-order valence-corrected chi connectivity index (χ0v) is 11.0. The molecule has 0 bridgehead atoms. The second-order valence-electron chi connectivity index (χ2n) is 5.03. The van der Waals surface area contributed by atoms with Gasteiger partial charge in [-0.3, -0.25) is 0 Å². The van der Waals surface area contributed by atoms with Crippen LogP contribution in [0.1, 0.15) is 46.2 Å². The van der Waals surface area contributed by atoms with Gasteiger partial charge in [0.25, 0.3) is 0 Å². The zero-order chi connectivity index (χ0) is 12.2. The molecule has 0 saturated carbocycles. The number of hydrogen-bond donors (Lipinski definition) is 1. The fourth-order valence-corrected chi connectivity index (χ4v) is 1.68. The molecule has 1 atom stereocenters. The Labute approximate surface area is 99.0 Å². The zero-order valence-electron chi connectivity index (χ0n) is 11.0. The van der Waals surface area contributed by atoms with E-state index < -0.39 is 0 Å². The van der Waals surface area contributed by atoms with E-state index in [4.69, 9.17) is 4.74 Å². The minimum absolute atomic E-state index is 0.151. The van der Waals surface area contributed by atoms with Crippen LogP contribution >= 0.6 is 0 Å². The van der Waals surface area contributed by atoms with Gasteiger partial charge in [-0.2, -0.15) is 0 Å². The van der Waals surface area contributed by atoms with Crippen LogP contribution in [0.25, 0.3) is 0 Å². The summed E-state index contributed by atoms with van der Waals surface area (Å²) in [5, 5.41) is 3.41. The average Bonchev–Trinajstić information content (AvgIpc) is 2.16. The second kappa shape index (κ2) is 5.35. The third-order valence-corrected chi connectivity index (χ3v) is 2.31. The molecule has 90 valence electrons. The maximum atomic E-state index is 5.96. The minimum atomic E-state index is -0.151. The van der Waals surface area contributed by atoms with Crippen LogP contribution in [-0.4, -0.2) is 12.1 Å². The highest BCUT2D eigenvalue weighted by Gasteiger charge is 2.16. The molecule has 16 heavy (non-hydrogen) atoms. The summed E-state index contributed by atoms with van der Waals surface area (Å²) >= 11 is 0. The average molecular weight is 221 g/mol. The fraction of sp³-hybridized carbons (Fsp3) is 0.571. The summed E-state index contributed by atoms with van der Waals surface area (Å²) in [4.78, 5) is 0. The van der Waals surface area contributed by atoms with E-state index >= 15 is 0 Å². The van der Waals surface area contributed by atoms with E-state index in [1.165, 1.54) is 5.56 Å². The molecule has 1 aromatic rings. The quantitative estimate of drug-likeness (QED) is 0.839. The summed E-state index contributed by atoms with van der Waals surface area (Å²) in [6.45, 7) is 11.5. The predicted octanol–water partition coefficient (Wildman–Crippen LogP) is 3.53. The third-order valence-electron chi connectivity index (χ3n) is 2.31. The number of nitrogens with one attached hydrogen (secondary N) is 1. The highest BCUT2D eigenvalue weighted by atomic mass is 16.5.